The fourth-order valence-corrected chi connectivity index (χ4v) is 2.31. The Morgan fingerprint density at radius 3 is 2.63 bits per heavy atom. The Morgan fingerprint density at radius 1 is 1.26 bits per heavy atom. The molecule has 104 valence electrons. The van der Waals surface area contributed by atoms with Crippen LogP contribution >= 0.6 is 0 Å². The van der Waals surface area contributed by atoms with E-state index in [4.69, 9.17) is 5.73 Å². The van der Waals surface area contributed by atoms with Gasteiger partial charge in [-0.2, -0.15) is 0 Å². The van der Waals surface area contributed by atoms with E-state index in [0.717, 1.165) is 39.1 Å². The molecule has 1 aromatic rings. The Kier molecular flexibility index (Phi) is 4.76. The van der Waals surface area contributed by atoms with Gasteiger partial charge in [0, 0.05) is 31.7 Å². The summed E-state index contributed by atoms with van der Waals surface area (Å²) in [5.41, 5.74) is 6.05. The van der Waals surface area contributed by atoms with Crippen LogP contribution in [0.15, 0.2) is 24.3 Å². The van der Waals surface area contributed by atoms with Gasteiger partial charge in [-0.3, -0.25) is 9.69 Å². The maximum Gasteiger partial charge on any atom is 0.254 e. The minimum Gasteiger partial charge on any atom is -0.508 e. The summed E-state index contributed by atoms with van der Waals surface area (Å²) in [5.74, 6) is 0.127. The summed E-state index contributed by atoms with van der Waals surface area (Å²) in [7, 11) is 0. The van der Waals surface area contributed by atoms with Crippen molar-refractivity contribution < 1.29 is 9.90 Å². The van der Waals surface area contributed by atoms with Gasteiger partial charge in [-0.15, -0.1) is 0 Å². The molecule has 0 bridgehead atoms. The van der Waals surface area contributed by atoms with Crippen LogP contribution in [0.5, 0.6) is 5.75 Å². The van der Waals surface area contributed by atoms with E-state index in [-0.39, 0.29) is 11.7 Å². The SMILES string of the molecule is NCCCN1CCN(C(=O)c2cccc(O)c2)CC1. The zero-order valence-corrected chi connectivity index (χ0v) is 11.1. The number of nitrogens with two attached hydrogens (primary N) is 1. The second-order valence-electron chi connectivity index (χ2n) is 4.83. The topological polar surface area (TPSA) is 69.8 Å². The number of benzene rings is 1. The van der Waals surface area contributed by atoms with Gasteiger partial charge in [0.25, 0.3) is 5.91 Å². The summed E-state index contributed by atoms with van der Waals surface area (Å²) in [6, 6.07) is 6.52. The fraction of sp³-hybridized carbons (Fsp3) is 0.500. The quantitative estimate of drug-likeness (QED) is 0.830. The first-order valence-electron chi connectivity index (χ1n) is 6.71. The lowest BCUT2D eigenvalue weighted by Gasteiger charge is -2.34. The maximum atomic E-state index is 12.2. The number of hydrogen-bond acceptors (Lipinski definition) is 4. The Morgan fingerprint density at radius 2 is 2.00 bits per heavy atom. The third-order valence-electron chi connectivity index (χ3n) is 3.43. The normalized spacial score (nSPS) is 16.6. The van der Waals surface area contributed by atoms with Crippen LogP contribution in [0, 0.1) is 0 Å². The molecular weight excluding hydrogens is 242 g/mol. The lowest BCUT2D eigenvalue weighted by atomic mass is 10.1. The highest BCUT2D eigenvalue weighted by Crippen LogP contribution is 2.14. The van der Waals surface area contributed by atoms with E-state index < -0.39 is 0 Å². The van der Waals surface area contributed by atoms with Gasteiger partial charge in [-0.1, -0.05) is 6.07 Å². The molecule has 0 radical (unpaired) electrons. The van der Waals surface area contributed by atoms with Crippen molar-refractivity contribution in [3.05, 3.63) is 29.8 Å². The number of rotatable bonds is 4. The number of nitrogens with zero attached hydrogens (tertiary/aromatic N) is 2. The van der Waals surface area contributed by atoms with E-state index in [1.807, 2.05) is 4.90 Å². The predicted octanol–water partition coefficient (Wildman–Crippen LogP) is 0.499. The maximum absolute atomic E-state index is 12.2. The number of phenolic OH excluding ortho intramolecular Hbond substituents is 1. The van der Waals surface area contributed by atoms with Gasteiger partial charge in [0.1, 0.15) is 5.75 Å². The number of carbonyl (C=O) groups excluding carboxylic acids is 1. The standard InChI is InChI=1S/C14H21N3O2/c15-5-2-6-16-7-9-17(10-8-16)14(19)12-3-1-4-13(18)11-12/h1,3-4,11,18H,2,5-10,15H2. The van der Waals surface area contributed by atoms with E-state index >= 15 is 0 Å². The zero-order valence-electron chi connectivity index (χ0n) is 11.1. The molecule has 1 aromatic carbocycles. The highest BCUT2D eigenvalue weighted by Gasteiger charge is 2.21. The van der Waals surface area contributed by atoms with Crippen molar-refractivity contribution in [2.24, 2.45) is 5.73 Å². The average molecular weight is 263 g/mol. The molecule has 0 aromatic heterocycles. The Bertz CT molecular complexity index is 428. The van der Waals surface area contributed by atoms with Crippen LogP contribution in [0.3, 0.4) is 0 Å². The first kappa shape index (κ1) is 13.8. The molecule has 0 saturated carbocycles. The second kappa shape index (κ2) is 6.54. The smallest absolute Gasteiger partial charge is 0.254 e. The van der Waals surface area contributed by atoms with Crippen LogP contribution in [0.1, 0.15) is 16.8 Å². The monoisotopic (exact) mass is 263 g/mol. The first-order chi connectivity index (χ1) is 9.20. The van der Waals surface area contributed by atoms with Crippen molar-refractivity contribution in [2.75, 3.05) is 39.3 Å². The number of aromatic hydroxyl groups is 1. The van der Waals surface area contributed by atoms with Gasteiger partial charge in [-0.25, -0.2) is 0 Å². The largest absolute Gasteiger partial charge is 0.508 e. The Balaban J connectivity index is 1.89. The van der Waals surface area contributed by atoms with E-state index in [2.05, 4.69) is 4.90 Å². The first-order valence-corrected chi connectivity index (χ1v) is 6.71. The number of phenols is 1. The molecule has 1 heterocycles. The van der Waals surface area contributed by atoms with E-state index in [1.54, 1.807) is 18.2 Å². The van der Waals surface area contributed by atoms with Crippen molar-refractivity contribution in [3.8, 4) is 5.75 Å². The lowest BCUT2D eigenvalue weighted by molar-refractivity contribution is 0.0636. The molecule has 0 aliphatic carbocycles. The van der Waals surface area contributed by atoms with Crippen LogP contribution < -0.4 is 5.73 Å². The van der Waals surface area contributed by atoms with Crippen LogP contribution in [-0.4, -0.2) is 60.1 Å². The van der Waals surface area contributed by atoms with E-state index in [0.29, 0.717) is 12.1 Å². The average Bonchev–Trinajstić information content (AvgIpc) is 2.45. The Labute approximate surface area is 113 Å². The summed E-state index contributed by atoms with van der Waals surface area (Å²) in [5, 5.41) is 9.41. The Hall–Kier alpha value is -1.59. The van der Waals surface area contributed by atoms with Gasteiger partial charge >= 0.3 is 0 Å². The van der Waals surface area contributed by atoms with Crippen molar-refractivity contribution in [2.45, 2.75) is 6.42 Å². The van der Waals surface area contributed by atoms with Crippen molar-refractivity contribution in [3.63, 3.8) is 0 Å². The highest BCUT2D eigenvalue weighted by molar-refractivity contribution is 5.94. The van der Waals surface area contributed by atoms with Crippen LogP contribution in [0.25, 0.3) is 0 Å². The van der Waals surface area contributed by atoms with Crippen LogP contribution in [-0.2, 0) is 0 Å². The molecular formula is C14H21N3O2. The summed E-state index contributed by atoms with van der Waals surface area (Å²) in [4.78, 5) is 16.4. The molecule has 0 spiro atoms. The summed E-state index contributed by atoms with van der Waals surface area (Å²) < 4.78 is 0. The molecule has 1 saturated heterocycles. The zero-order chi connectivity index (χ0) is 13.7. The van der Waals surface area contributed by atoms with Crippen molar-refractivity contribution in [1.29, 1.82) is 0 Å². The minimum absolute atomic E-state index is 0.00521. The molecule has 1 aliphatic rings. The predicted molar refractivity (Wildman–Crippen MR) is 74.1 cm³/mol. The third-order valence-corrected chi connectivity index (χ3v) is 3.43. The highest BCUT2D eigenvalue weighted by atomic mass is 16.3. The number of carbonyl (C=O) groups is 1. The molecule has 1 amide bonds. The molecule has 19 heavy (non-hydrogen) atoms. The van der Waals surface area contributed by atoms with Crippen molar-refractivity contribution in [1.82, 2.24) is 9.80 Å². The van der Waals surface area contributed by atoms with Gasteiger partial charge in [-0.05, 0) is 37.7 Å². The second-order valence-corrected chi connectivity index (χ2v) is 4.83. The lowest BCUT2D eigenvalue weighted by Crippen LogP contribution is -2.49. The summed E-state index contributed by atoms with van der Waals surface area (Å²) in [6.07, 6.45) is 1.00. The molecule has 1 aliphatic heterocycles. The molecule has 5 nitrogen and oxygen atoms in total. The number of amides is 1. The minimum atomic E-state index is -0.00521. The number of hydrogen-bond donors (Lipinski definition) is 2. The van der Waals surface area contributed by atoms with Gasteiger partial charge in [0.15, 0.2) is 0 Å². The summed E-state index contributed by atoms with van der Waals surface area (Å²) >= 11 is 0. The fourth-order valence-electron chi connectivity index (χ4n) is 2.31. The van der Waals surface area contributed by atoms with Crippen LogP contribution in [0.4, 0.5) is 0 Å². The van der Waals surface area contributed by atoms with E-state index in [9.17, 15) is 9.90 Å². The van der Waals surface area contributed by atoms with Gasteiger partial charge in [0.2, 0.25) is 0 Å². The van der Waals surface area contributed by atoms with Crippen molar-refractivity contribution >= 4 is 5.91 Å². The van der Waals surface area contributed by atoms with Crippen LogP contribution in [0.2, 0.25) is 0 Å². The van der Waals surface area contributed by atoms with Gasteiger partial charge < -0.3 is 15.7 Å². The molecule has 3 N–H and O–H groups in total. The molecule has 1 fully saturated rings. The summed E-state index contributed by atoms with van der Waals surface area (Å²) in [6.45, 7) is 4.97. The molecule has 0 unspecified atom stereocenters. The van der Waals surface area contributed by atoms with E-state index in [1.165, 1.54) is 6.07 Å². The number of piperazine rings is 1. The molecule has 2 rings (SSSR count). The van der Waals surface area contributed by atoms with Gasteiger partial charge in [0.05, 0.1) is 0 Å². The molecule has 0 atom stereocenters. The third kappa shape index (κ3) is 3.68. The molecule has 5 heteroatoms.